The molecule has 2 amide bonds. The quantitative estimate of drug-likeness (QED) is 0.501. The highest BCUT2D eigenvalue weighted by atomic mass is 32.2. The van der Waals surface area contributed by atoms with Gasteiger partial charge < -0.3 is 9.47 Å². The zero-order valence-corrected chi connectivity index (χ0v) is 17.0. The molecule has 7 heteroatoms. The van der Waals surface area contributed by atoms with Crippen LogP contribution in [0.1, 0.15) is 25.0 Å². The summed E-state index contributed by atoms with van der Waals surface area (Å²) >= 11 is 0.804. The van der Waals surface area contributed by atoms with Crippen LogP contribution in [0, 0.1) is 0 Å². The summed E-state index contributed by atoms with van der Waals surface area (Å²) in [5.74, 6) is -0.460. The second-order valence-electron chi connectivity index (χ2n) is 6.65. The van der Waals surface area contributed by atoms with Gasteiger partial charge in [0.1, 0.15) is 18.9 Å². The van der Waals surface area contributed by atoms with E-state index in [1.54, 1.807) is 26.0 Å². The van der Waals surface area contributed by atoms with E-state index in [9.17, 15) is 14.4 Å². The fraction of sp³-hybridized carbons (Fsp3) is 0.227. The Morgan fingerprint density at radius 3 is 2.59 bits per heavy atom. The number of ether oxygens (including phenoxy) is 2. The highest BCUT2D eigenvalue weighted by Gasteiger charge is 2.36. The Hall–Kier alpha value is -3.06. The summed E-state index contributed by atoms with van der Waals surface area (Å²) in [5.41, 5.74) is 1.78. The summed E-state index contributed by atoms with van der Waals surface area (Å²) in [5, 5.41) is -0.488. The number of nitrogens with zero attached hydrogens (tertiary/aromatic N) is 1. The average Bonchev–Trinajstić information content (AvgIpc) is 2.94. The third-order valence-corrected chi connectivity index (χ3v) is 4.84. The van der Waals surface area contributed by atoms with Crippen molar-refractivity contribution in [3.8, 4) is 5.75 Å². The van der Waals surface area contributed by atoms with Crippen LogP contribution >= 0.6 is 11.8 Å². The Morgan fingerprint density at radius 2 is 1.86 bits per heavy atom. The lowest BCUT2D eigenvalue weighted by atomic mass is 10.2. The number of carbonyl (C=O) groups excluding carboxylic acids is 3. The summed E-state index contributed by atoms with van der Waals surface area (Å²) in [6, 6.07) is 17.0. The van der Waals surface area contributed by atoms with Crippen LogP contribution in [-0.2, 0) is 20.9 Å². The zero-order valence-electron chi connectivity index (χ0n) is 16.2. The van der Waals surface area contributed by atoms with Crippen molar-refractivity contribution in [2.75, 3.05) is 6.54 Å². The van der Waals surface area contributed by atoms with Crippen LogP contribution in [-0.4, -0.2) is 34.7 Å². The van der Waals surface area contributed by atoms with Crippen molar-refractivity contribution in [1.82, 2.24) is 4.90 Å². The SMILES string of the molecule is CC(C)OC(=O)CN1C(=O)S/C(=C/c2cccc(OCc3ccccc3)c2)C1=O. The normalized spacial score (nSPS) is 15.3. The van der Waals surface area contributed by atoms with E-state index in [1.165, 1.54) is 0 Å². The standard InChI is InChI=1S/C22H21NO5S/c1-15(2)28-20(24)13-23-21(25)19(29-22(23)26)12-17-9-6-10-18(11-17)27-14-16-7-4-3-5-8-16/h3-12,15H,13-14H2,1-2H3/b19-12+. The predicted molar refractivity (Wildman–Crippen MR) is 111 cm³/mol. The van der Waals surface area contributed by atoms with Gasteiger partial charge in [0.2, 0.25) is 0 Å². The van der Waals surface area contributed by atoms with Crippen molar-refractivity contribution in [2.45, 2.75) is 26.6 Å². The molecule has 1 saturated heterocycles. The lowest BCUT2D eigenvalue weighted by Gasteiger charge is -2.13. The summed E-state index contributed by atoms with van der Waals surface area (Å²) in [6.07, 6.45) is 1.31. The molecule has 6 nitrogen and oxygen atoms in total. The number of hydrogen-bond donors (Lipinski definition) is 0. The van der Waals surface area contributed by atoms with Gasteiger partial charge in [-0.05, 0) is 54.9 Å². The maximum Gasteiger partial charge on any atom is 0.326 e. The van der Waals surface area contributed by atoms with Gasteiger partial charge in [-0.25, -0.2) is 0 Å². The molecule has 0 spiro atoms. The molecule has 2 aromatic rings. The van der Waals surface area contributed by atoms with Crippen molar-refractivity contribution >= 4 is 35.0 Å². The van der Waals surface area contributed by atoms with Crippen LogP contribution < -0.4 is 4.74 Å². The van der Waals surface area contributed by atoms with Gasteiger partial charge in [0.05, 0.1) is 11.0 Å². The number of hydrogen-bond acceptors (Lipinski definition) is 6. The monoisotopic (exact) mass is 411 g/mol. The van der Waals surface area contributed by atoms with Crippen LogP contribution in [0.5, 0.6) is 5.75 Å². The Morgan fingerprint density at radius 1 is 1.10 bits per heavy atom. The highest BCUT2D eigenvalue weighted by Crippen LogP contribution is 2.32. The van der Waals surface area contributed by atoms with Crippen molar-refractivity contribution < 1.29 is 23.9 Å². The lowest BCUT2D eigenvalue weighted by molar-refractivity contribution is -0.149. The Balaban J connectivity index is 1.67. The van der Waals surface area contributed by atoms with Crippen molar-refractivity contribution in [3.05, 3.63) is 70.6 Å². The van der Waals surface area contributed by atoms with E-state index in [2.05, 4.69) is 0 Å². The predicted octanol–water partition coefficient (Wildman–Crippen LogP) is 4.25. The second-order valence-corrected chi connectivity index (χ2v) is 7.65. The van der Waals surface area contributed by atoms with E-state index in [0.717, 1.165) is 27.8 Å². The molecule has 2 aromatic carbocycles. The van der Waals surface area contributed by atoms with Crippen LogP contribution in [0.15, 0.2) is 59.5 Å². The molecule has 1 heterocycles. The van der Waals surface area contributed by atoms with Crippen LogP contribution in [0.2, 0.25) is 0 Å². The molecule has 1 aliphatic heterocycles. The molecule has 0 N–H and O–H groups in total. The minimum absolute atomic E-state index is 0.257. The van der Waals surface area contributed by atoms with Gasteiger partial charge in [0.15, 0.2) is 0 Å². The van der Waals surface area contributed by atoms with Gasteiger partial charge in [0.25, 0.3) is 11.1 Å². The lowest BCUT2D eigenvalue weighted by Crippen LogP contribution is -2.35. The van der Waals surface area contributed by atoms with Gasteiger partial charge >= 0.3 is 5.97 Å². The molecule has 3 rings (SSSR count). The third kappa shape index (κ3) is 5.71. The fourth-order valence-electron chi connectivity index (χ4n) is 2.65. The number of esters is 1. The van der Waals surface area contributed by atoms with Gasteiger partial charge in [-0.2, -0.15) is 0 Å². The summed E-state index contributed by atoms with van der Waals surface area (Å²) in [6.45, 7) is 3.45. The van der Waals surface area contributed by atoms with Gasteiger partial charge in [0, 0.05) is 0 Å². The highest BCUT2D eigenvalue weighted by molar-refractivity contribution is 8.18. The molecule has 0 radical (unpaired) electrons. The molecule has 0 atom stereocenters. The number of imide groups is 1. The van der Waals surface area contributed by atoms with Crippen LogP contribution in [0.3, 0.4) is 0 Å². The first-order valence-electron chi connectivity index (χ1n) is 9.14. The molecule has 0 bridgehead atoms. The number of benzene rings is 2. The van der Waals surface area contributed by atoms with Gasteiger partial charge in [-0.15, -0.1) is 0 Å². The molecule has 150 valence electrons. The minimum atomic E-state index is -0.611. The van der Waals surface area contributed by atoms with E-state index < -0.39 is 17.1 Å². The van der Waals surface area contributed by atoms with E-state index in [1.807, 2.05) is 48.5 Å². The van der Waals surface area contributed by atoms with Crippen molar-refractivity contribution in [2.24, 2.45) is 0 Å². The van der Waals surface area contributed by atoms with Crippen LogP contribution in [0.25, 0.3) is 6.08 Å². The largest absolute Gasteiger partial charge is 0.489 e. The molecule has 0 unspecified atom stereocenters. The Bertz CT molecular complexity index is 939. The molecule has 0 aromatic heterocycles. The van der Waals surface area contributed by atoms with E-state index in [0.29, 0.717) is 12.4 Å². The number of rotatable bonds is 7. The molecule has 1 fully saturated rings. The maximum atomic E-state index is 12.5. The minimum Gasteiger partial charge on any atom is -0.489 e. The summed E-state index contributed by atoms with van der Waals surface area (Å²) in [7, 11) is 0. The Labute approximate surface area is 173 Å². The average molecular weight is 411 g/mol. The summed E-state index contributed by atoms with van der Waals surface area (Å²) in [4.78, 5) is 37.6. The first-order valence-corrected chi connectivity index (χ1v) is 9.95. The van der Waals surface area contributed by atoms with Crippen molar-refractivity contribution in [1.29, 1.82) is 0 Å². The molecule has 29 heavy (non-hydrogen) atoms. The smallest absolute Gasteiger partial charge is 0.326 e. The maximum absolute atomic E-state index is 12.5. The van der Waals surface area contributed by atoms with E-state index in [-0.39, 0.29) is 17.6 Å². The molecular formula is C22H21NO5S. The first kappa shape index (κ1) is 20.7. The topological polar surface area (TPSA) is 72.9 Å². The zero-order chi connectivity index (χ0) is 20.8. The van der Waals surface area contributed by atoms with E-state index >= 15 is 0 Å². The molecular weight excluding hydrogens is 390 g/mol. The fourth-order valence-corrected chi connectivity index (χ4v) is 3.49. The Kier molecular flexibility index (Phi) is 6.72. The molecule has 0 aliphatic carbocycles. The summed E-state index contributed by atoms with van der Waals surface area (Å²) < 4.78 is 10.8. The number of carbonyl (C=O) groups is 3. The molecule has 1 aliphatic rings. The number of amides is 2. The second kappa shape index (κ2) is 9.43. The van der Waals surface area contributed by atoms with Crippen LogP contribution in [0.4, 0.5) is 4.79 Å². The van der Waals surface area contributed by atoms with Crippen molar-refractivity contribution in [3.63, 3.8) is 0 Å². The van der Waals surface area contributed by atoms with Gasteiger partial charge in [-0.3, -0.25) is 19.3 Å². The van der Waals surface area contributed by atoms with E-state index in [4.69, 9.17) is 9.47 Å². The third-order valence-electron chi connectivity index (χ3n) is 3.93. The molecule has 0 saturated carbocycles. The van der Waals surface area contributed by atoms with Gasteiger partial charge in [-0.1, -0.05) is 42.5 Å². The number of thioether (sulfide) groups is 1. The first-order chi connectivity index (χ1) is 13.9.